The molecule has 0 amide bonds. The average Bonchev–Trinajstić information content (AvgIpc) is 1.97. The topological polar surface area (TPSA) is 29.5 Å². The van der Waals surface area contributed by atoms with Gasteiger partial charge >= 0.3 is 0 Å². The van der Waals surface area contributed by atoms with E-state index < -0.39 is 14.4 Å². The third kappa shape index (κ3) is 3.94. The lowest BCUT2D eigenvalue weighted by Crippen LogP contribution is -2.42. The Morgan fingerprint density at radius 3 is 2.14 bits per heavy atom. The van der Waals surface area contributed by atoms with Crippen LogP contribution in [0.25, 0.3) is 0 Å². The zero-order valence-corrected chi connectivity index (χ0v) is 11.3. The van der Waals surface area contributed by atoms with Crippen molar-refractivity contribution in [3.05, 3.63) is 12.2 Å². The second-order valence-electron chi connectivity index (χ2n) is 5.43. The van der Waals surface area contributed by atoms with Crippen LogP contribution in [0.1, 0.15) is 27.7 Å². The van der Waals surface area contributed by atoms with E-state index in [0.29, 0.717) is 6.61 Å². The van der Waals surface area contributed by atoms with Gasteiger partial charge < -0.3 is 9.53 Å². The second kappa shape index (κ2) is 4.60. The summed E-state index contributed by atoms with van der Waals surface area (Å²) >= 11 is 0. The molecule has 0 radical (unpaired) electrons. The number of hydrogen-bond donors (Lipinski definition) is 1. The Balaban J connectivity index is 4.20. The van der Waals surface area contributed by atoms with Crippen LogP contribution in [-0.2, 0) is 4.43 Å². The molecule has 0 aromatic heterocycles. The van der Waals surface area contributed by atoms with Gasteiger partial charge in [-0.05, 0) is 30.6 Å². The summed E-state index contributed by atoms with van der Waals surface area (Å²) in [5.74, 6) is 0. The van der Waals surface area contributed by atoms with Gasteiger partial charge in [-0.1, -0.05) is 27.4 Å². The summed E-state index contributed by atoms with van der Waals surface area (Å²) in [6, 6.07) is 0. The Hall–Kier alpha value is -0.123. The van der Waals surface area contributed by atoms with E-state index in [1.54, 1.807) is 0 Å². The lowest BCUT2D eigenvalue weighted by molar-refractivity contribution is 0.127. The molecule has 84 valence electrons. The summed E-state index contributed by atoms with van der Waals surface area (Å²) in [6.45, 7) is 16.8. The Morgan fingerprint density at radius 1 is 1.43 bits per heavy atom. The molecule has 0 heterocycles. The summed E-state index contributed by atoms with van der Waals surface area (Å²) in [6.07, 6.45) is -0.524. The molecule has 0 aliphatic carbocycles. The van der Waals surface area contributed by atoms with Crippen molar-refractivity contribution in [1.82, 2.24) is 0 Å². The molecule has 1 unspecified atom stereocenters. The number of rotatable bonds is 4. The third-order valence-electron chi connectivity index (χ3n) is 2.98. The van der Waals surface area contributed by atoms with Gasteiger partial charge in [0.1, 0.15) is 0 Å². The predicted octanol–water partition coefficient (Wildman–Crippen LogP) is 2.95. The molecule has 0 fully saturated rings. The van der Waals surface area contributed by atoms with Crippen LogP contribution in [0.3, 0.4) is 0 Å². The van der Waals surface area contributed by atoms with Crippen LogP contribution >= 0.6 is 0 Å². The first-order valence-corrected chi connectivity index (χ1v) is 7.96. The van der Waals surface area contributed by atoms with Crippen LogP contribution in [0.5, 0.6) is 0 Å². The fourth-order valence-electron chi connectivity index (χ4n) is 0.646. The van der Waals surface area contributed by atoms with E-state index >= 15 is 0 Å². The van der Waals surface area contributed by atoms with Crippen molar-refractivity contribution in [2.24, 2.45) is 0 Å². The van der Waals surface area contributed by atoms with Crippen molar-refractivity contribution in [2.45, 2.75) is 51.9 Å². The average molecular weight is 216 g/mol. The van der Waals surface area contributed by atoms with Gasteiger partial charge in [-0.2, -0.15) is 0 Å². The number of aliphatic hydroxyl groups excluding tert-OH is 1. The molecule has 0 rings (SSSR count). The van der Waals surface area contributed by atoms with Gasteiger partial charge in [0.05, 0.1) is 12.7 Å². The monoisotopic (exact) mass is 216 g/mol. The summed E-state index contributed by atoms with van der Waals surface area (Å²) in [7, 11) is -1.71. The lowest BCUT2D eigenvalue weighted by atomic mass is 10.2. The lowest BCUT2D eigenvalue weighted by Gasteiger charge is -2.36. The van der Waals surface area contributed by atoms with Crippen LogP contribution in [0, 0.1) is 0 Å². The second-order valence-corrected chi connectivity index (χ2v) is 10.2. The Bertz CT molecular complexity index is 204. The van der Waals surface area contributed by atoms with Crippen LogP contribution in [0.2, 0.25) is 18.1 Å². The highest BCUT2D eigenvalue weighted by atomic mass is 28.4. The molecule has 0 aliphatic rings. The molecule has 2 nitrogen and oxygen atoms in total. The van der Waals surface area contributed by atoms with Crippen LogP contribution < -0.4 is 0 Å². The Labute approximate surface area is 89.1 Å². The van der Waals surface area contributed by atoms with Gasteiger partial charge in [0, 0.05) is 0 Å². The van der Waals surface area contributed by atoms with Gasteiger partial charge in [-0.3, -0.25) is 0 Å². The molecule has 0 aromatic carbocycles. The summed E-state index contributed by atoms with van der Waals surface area (Å²) in [5, 5.41) is 9.75. The van der Waals surface area contributed by atoms with Crippen LogP contribution in [0.4, 0.5) is 0 Å². The molecular formula is C11H24O2Si. The SMILES string of the molecule is C=C(C)C(O)CO[Si](C)(C)C(C)(C)C. The molecular weight excluding hydrogens is 192 g/mol. The van der Waals surface area contributed by atoms with Gasteiger partial charge in [-0.15, -0.1) is 0 Å². The minimum absolute atomic E-state index is 0.196. The van der Waals surface area contributed by atoms with Gasteiger partial charge in [0.25, 0.3) is 0 Å². The highest BCUT2D eigenvalue weighted by Crippen LogP contribution is 2.36. The molecule has 0 saturated heterocycles. The zero-order valence-electron chi connectivity index (χ0n) is 10.3. The minimum atomic E-state index is -1.71. The first-order valence-electron chi connectivity index (χ1n) is 5.05. The van der Waals surface area contributed by atoms with E-state index in [4.69, 9.17) is 4.43 Å². The molecule has 0 bridgehead atoms. The van der Waals surface area contributed by atoms with Crippen LogP contribution in [0.15, 0.2) is 12.2 Å². The first-order chi connectivity index (χ1) is 6.08. The maximum Gasteiger partial charge on any atom is 0.192 e. The van der Waals surface area contributed by atoms with Crippen molar-refractivity contribution in [3.8, 4) is 0 Å². The predicted molar refractivity (Wildman–Crippen MR) is 64.0 cm³/mol. The smallest absolute Gasteiger partial charge is 0.192 e. The third-order valence-corrected chi connectivity index (χ3v) is 7.48. The molecule has 3 heteroatoms. The molecule has 0 aromatic rings. The van der Waals surface area contributed by atoms with Crippen molar-refractivity contribution in [1.29, 1.82) is 0 Å². The number of hydrogen-bond acceptors (Lipinski definition) is 2. The van der Waals surface area contributed by atoms with Gasteiger partial charge in [0.2, 0.25) is 0 Å². The van der Waals surface area contributed by atoms with E-state index in [0.717, 1.165) is 5.57 Å². The largest absolute Gasteiger partial charge is 0.414 e. The molecule has 0 spiro atoms. The van der Waals surface area contributed by atoms with Gasteiger partial charge in [-0.25, -0.2) is 0 Å². The molecule has 14 heavy (non-hydrogen) atoms. The molecule has 1 atom stereocenters. The quantitative estimate of drug-likeness (QED) is 0.578. The summed E-state index contributed by atoms with van der Waals surface area (Å²) in [4.78, 5) is 0. The van der Waals surface area contributed by atoms with E-state index in [9.17, 15) is 5.11 Å². The Kier molecular flexibility index (Phi) is 4.56. The van der Waals surface area contributed by atoms with E-state index in [2.05, 4.69) is 40.4 Å². The van der Waals surface area contributed by atoms with Crippen molar-refractivity contribution in [3.63, 3.8) is 0 Å². The Morgan fingerprint density at radius 2 is 1.86 bits per heavy atom. The highest BCUT2D eigenvalue weighted by Gasteiger charge is 2.37. The molecule has 1 N–H and O–H groups in total. The normalized spacial score (nSPS) is 15.4. The maximum absolute atomic E-state index is 9.55. The minimum Gasteiger partial charge on any atom is -0.414 e. The molecule has 0 aliphatic heterocycles. The summed E-state index contributed by atoms with van der Waals surface area (Å²) < 4.78 is 5.85. The first kappa shape index (κ1) is 13.9. The van der Waals surface area contributed by atoms with E-state index in [1.165, 1.54) is 0 Å². The fraction of sp³-hybridized carbons (Fsp3) is 0.818. The van der Waals surface area contributed by atoms with E-state index in [1.807, 2.05) is 6.92 Å². The number of aliphatic hydroxyl groups is 1. The van der Waals surface area contributed by atoms with Crippen molar-refractivity contribution >= 4 is 8.32 Å². The zero-order chi connectivity index (χ0) is 11.6. The van der Waals surface area contributed by atoms with E-state index in [-0.39, 0.29) is 5.04 Å². The molecule has 0 saturated carbocycles. The maximum atomic E-state index is 9.55. The standard InChI is InChI=1S/C11H24O2Si/c1-9(2)10(12)8-13-14(6,7)11(3,4)5/h10,12H,1,8H2,2-7H3. The van der Waals surface area contributed by atoms with Gasteiger partial charge in [0.15, 0.2) is 8.32 Å². The van der Waals surface area contributed by atoms with Crippen molar-refractivity contribution < 1.29 is 9.53 Å². The highest BCUT2D eigenvalue weighted by molar-refractivity contribution is 6.74. The van der Waals surface area contributed by atoms with Crippen LogP contribution in [-0.4, -0.2) is 26.1 Å². The fourth-order valence-corrected chi connectivity index (χ4v) is 1.65. The van der Waals surface area contributed by atoms with Crippen molar-refractivity contribution in [2.75, 3.05) is 6.61 Å². The summed E-state index contributed by atoms with van der Waals surface area (Å²) in [5.41, 5.74) is 0.767.